The maximum Gasteiger partial charge on any atom is 0.258 e. The van der Waals surface area contributed by atoms with Gasteiger partial charge in [-0.25, -0.2) is 26.9 Å². The number of allylic oxidation sites excluding steroid dienone is 2. The molecule has 7 rings (SSSR count). The lowest BCUT2D eigenvalue weighted by Crippen LogP contribution is -2.60. The fourth-order valence-electron chi connectivity index (χ4n) is 8.11. The second kappa shape index (κ2) is 11.2. The molecule has 2 aliphatic carbocycles. The summed E-state index contributed by atoms with van der Waals surface area (Å²) < 4.78 is 73.4. The van der Waals surface area contributed by atoms with Crippen LogP contribution in [0, 0.1) is 60.7 Å². The van der Waals surface area contributed by atoms with E-state index in [2.05, 4.69) is 6.58 Å². The van der Waals surface area contributed by atoms with Crippen molar-refractivity contribution in [2.24, 2.45) is 17.8 Å². The fourth-order valence-corrected chi connectivity index (χ4v) is 9.05. The minimum absolute atomic E-state index is 0.000604. The number of carbonyl (C=O) groups excluding carboxylic acids is 4. The molecule has 0 bridgehead atoms. The number of imide groups is 2. The molecule has 3 aromatic carbocycles. The molecule has 1 N–H and O–H groups in total. The Morgan fingerprint density at radius 1 is 0.820 bits per heavy atom. The summed E-state index contributed by atoms with van der Waals surface area (Å²) in [6.45, 7) is 6.79. The molecule has 3 fully saturated rings. The van der Waals surface area contributed by atoms with E-state index in [1.165, 1.54) is 12.1 Å². The van der Waals surface area contributed by atoms with Crippen molar-refractivity contribution in [3.8, 4) is 5.75 Å². The predicted molar refractivity (Wildman–Crippen MR) is 173 cm³/mol. The van der Waals surface area contributed by atoms with Gasteiger partial charge < -0.3 is 5.11 Å². The molecule has 2 aliphatic heterocycles. The lowest BCUT2D eigenvalue weighted by Gasteiger charge is -2.50. The molecule has 1 saturated carbocycles. The first kappa shape index (κ1) is 33.9. The molecule has 4 amide bonds. The van der Waals surface area contributed by atoms with Crippen molar-refractivity contribution in [1.29, 1.82) is 0 Å². The predicted octanol–water partition coefficient (Wildman–Crippen LogP) is 7.12. The van der Waals surface area contributed by atoms with E-state index in [0.717, 1.165) is 10.5 Å². The minimum atomic E-state index is -2.65. The number of hydrogen-bond acceptors (Lipinski definition) is 5. The molecule has 14 heteroatoms. The number of hydrogen-bond donors (Lipinski definition) is 1. The highest BCUT2D eigenvalue weighted by atomic mass is 35.5. The van der Waals surface area contributed by atoms with Crippen molar-refractivity contribution in [3.05, 3.63) is 106 Å². The number of phenolic OH excluding ortho intramolecular Hbond substituents is 1. The SMILES string of the molecule is C=Cc1ccc(N2C(=O)[C@H]3[C@H](CC=C4[C@H]3C[C@@]3(Cl)C(=O)N(c5c(F)c(F)c(F)c(F)c5F)C(=O)[C@@]3(Cl)[C@H]4c3cc(C)c(O)c(C)c3)C2=O)cc1. The third kappa shape index (κ3) is 4.21. The Morgan fingerprint density at radius 3 is 1.94 bits per heavy atom. The third-order valence-electron chi connectivity index (χ3n) is 10.5. The van der Waals surface area contributed by atoms with Crippen LogP contribution in [0.25, 0.3) is 6.08 Å². The Bertz CT molecular complexity index is 2090. The van der Waals surface area contributed by atoms with Gasteiger partial charge in [-0.1, -0.05) is 48.6 Å². The Morgan fingerprint density at radius 2 is 1.38 bits per heavy atom. The average Bonchev–Trinajstić information content (AvgIpc) is 3.43. The van der Waals surface area contributed by atoms with E-state index in [9.17, 15) is 37.5 Å². The molecular weight excluding hydrogens is 706 g/mol. The Hall–Kier alpha value is -4.55. The number of nitrogens with zero attached hydrogens (tertiary/aromatic N) is 2. The molecule has 4 aliphatic rings. The van der Waals surface area contributed by atoms with Crippen LogP contribution >= 0.6 is 23.2 Å². The van der Waals surface area contributed by atoms with Gasteiger partial charge in [-0.2, -0.15) is 0 Å². The third-order valence-corrected chi connectivity index (χ3v) is 11.9. The van der Waals surface area contributed by atoms with Crippen LogP contribution in [0.3, 0.4) is 0 Å². The zero-order chi connectivity index (χ0) is 36.4. The van der Waals surface area contributed by atoms with Crippen LogP contribution < -0.4 is 9.80 Å². The van der Waals surface area contributed by atoms with E-state index in [-0.39, 0.29) is 28.3 Å². The fraction of sp³-hybridized carbons (Fsp3) is 0.278. The van der Waals surface area contributed by atoms with E-state index in [1.54, 1.807) is 50.3 Å². The summed E-state index contributed by atoms with van der Waals surface area (Å²) in [5, 5.41) is 10.6. The second-order valence-corrected chi connectivity index (χ2v) is 14.2. The van der Waals surface area contributed by atoms with Gasteiger partial charge in [0.2, 0.25) is 17.6 Å². The van der Waals surface area contributed by atoms with Crippen molar-refractivity contribution in [2.45, 2.75) is 42.4 Å². The number of aryl methyl sites for hydroxylation is 2. The van der Waals surface area contributed by atoms with Crippen molar-refractivity contribution in [2.75, 3.05) is 9.80 Å². The number of carbonyl (C=O) groups is 4. The van der Waals surface area contributed by atoms with E-state index in [4.69, 9.17) is 23.2 Å². The number of halogens is 7. The van der Waals surface area contributed by atoms with Crippen LogP contribution in [0.2, 0.25) is 0 Å². The van der Waals surface area contributed by atoms with Gasteiger partial charge in [0, 0.05) is 5.92 Å². The molecular formula is C36H25Cl2F5N2O5. The molecule has 3 aromatic rings. The first-order chi connectivity index (χ1) is 23.5. The van der Waals surface area contributed by atoms with Crippen LogP contribution in [0.1, 0.15) is 41.0 Å². The number of phenols is 1. The summed E-state index contributed by atoms with van der Waals surface area (Å²) in [4.78, 5) is 52.3. The number of rotatable bonds is 4. The molecule has 0 unspecified atom stereocenters. The number of aromatic hydroxyl groups is 1. The number of benzene rings is 3. The maximum absolute atomic E-state index is 15.2. The van der Waals surface area contributed by atoms with Gasteiger partial charge in [0.15, 0.2) is 33.0 Å². The molecule has 50 heavy (non-hydrogen) atoms. The van der Waals surface area contributed by atoms with E-state index in [0.29, 0.717) is 16.7 Å². The van der Waals surface area contributed by atoms with Crippen molar-refractivity contribution >= 4 is 64.3 Å². The van der Waals surface area contributed by atoms with Gasteiger partial charge in [0.25, 0.3) is 11.8 Å². The number of alkyl halides is 2. The summed E-state index contributed by atoms with van der Waals surface area (Å²) >= 11 is 14.3. The topological polar surface area (TPSA) is 95.0 Å². The molecule has 0 spiro atoms. The molecule has 0 aromatic heterocycles. The van der Waals surface area contributed by atoms with Crippen LogP contribution in [0.15, 0.2) is 54.6 Å². The Labute approximate surface area is 291 Å². The largest absolute Gasteiger partial charge is 0.507 e. The van der Waals surface area contributed by atoms with Crippen LogP contribution in [-0.4, -0.2) is 38.5 Å². The first-order valence-electron chi connectivity index (χ1n) is 15.4. The van der Waals surface area contributed by atoms with Crippen molar-refractivity contribution < 1.29 is 46.2 Å². The summed E-state index contributed by atoms with van der Waals surface area (Å²) in [6, 6.07) is 9.37. The average molecular weight is 732 g/mol. The van der Waals surface area contributed by atoms with Crippen LogP contribution in [0.4, 0.5) is 33.3 Å². The van der Waals surface area contributed by atoms with Gasteiger partial charge in [0.05, 0.1) is 17.5 Å². The van der Waals surface area contributed by atoms with Gasteiger partial charge >= 0.3 is 0 Å². The smallest absolute Gasteiger partial charge is 0.258 e. The number of amides is 4. The number of anilines is 2. The maximum atomic E-state index is 15.2. The molecule has 2 saturated heterocycles. The van der Waals surface area contributed by atoms with Crippen molar-refractivity contribution in [3.63, 3.8) is 0 Å². The normalized spacial score (nSPS) is 28.9. The lowest BCUT2D eigenvalue weighted by atomic mass is 9.56. The molecule has 6 atom stereocenters. The first-order valence-corrected chi connectivity index (χ1v) is 16.1. The monoisotopic (exact) mass is 730 g/mol. The quantitative estimate of drug-likeness (QED) is 0.0771. The zero-order valence-corrected chi connectivity index (χ0v) is 27.7. The number of fused-ring (bicyclic) bond motifs is 4. The van der Waals surface area contributed by atoms with E-state index < -0.39 is 98.2 Å². The highest BCUT2D eigenvalue weighted by Crippen LogP contribution is 2.66. The highest BCUT2D eigenvalue weighted by molar-refractivity contribution is 6.58. The standard InChI is InChI=1S/C36H25Cl2F5N2O5/c1-4-16-5-7-18(8-6-16)44-31(47)20-10-9-19-21(22(20)32(44)48)13-35(37)33(49)45(29-27(42)25(40)24(39)26(41)28(29)43)34(50)36(35,38)23(19)17-11-14(2)30(46)15(3)12-17/h4-9,11-12,20-23,46H,1,10,13H2,2-3H3/t20-,21+,22-,23-,35+,36-/m0/s1. The zero-order valence-electron chi connectivity index (χ0n) is 26.2. The molecule has 258 valence electrons. The van der Waals surface area contributed by atoms with E-state index in [1.807, 2.05) is 0 Å². The van der Waals surface area contributed by atoms with Crippen molar-refractivity contribution in [1.82, 2.24) is 0 Å². The van der Waals surface area contributed by atoms with Gasteiger partial charge in [0.1, 0.15) is 11.4 Å². The molecule has 2 heterocycles. The molecule has 7 nitrogen and oxygen atoms in total. The lowest BCUT2D eigenvalue weighted by molar-refractivity contribution is -0.125. The minimum Gasteiger partial charge on any atom is -0.507 e. The summed E-state index contributed by atoms with van der Waals surface area (Å²) in [5.74, 6) is -21.2. The van der Waals surface area contributed by atoms with Crippen LogP contribution in [-0.2, 0) is 19.2 Å². The van der Waals surface area contributed by atoms with Crippen LogP contribution in [0.5, 0.6) is 5.75 Å². The van der Waals surface area contributed by atoms with Gasteiger partial charge in [-0.15, -0.1) is 23.2 Å². The Kier molecular flexibility index (Phi) is 7.62. The van der Waals surface area contributed by atoms with E-state index >= 15 is 8.78 Å². The molecule has 0 radical (unpaired) electrons. The summed E-state index contributed by atoms with van der Waals surface area (Å²) in [6.07, 6.45) is 2.58. The summed E-state index contributed by atoms with van der Waals surface area (Å²) in [5.41, 5.74) is 0.301. The summed E-state index contributed by atoms with van der Waals surface area (Å²) in [7, 11) is 0. The van der Waals surface area contributed by atoms with Gasteiger partial charge in [-0.3, -0.25) is 24.1 Å². The van der Waals surface area contributed by atoms with Gasteiger partial charge in [-0.05, 0) is 67.0 Å². The second-order valence-electron chi connectivity index (χ2n) is 13.0. The Balaban J connectivity index is 1.43. The highest BCUT2D eigenvalue weighted by Gasteiger charge is 2.77.